The van der Waals surface area contributed by atoms with Crippen molar-refractivity contribution in [1.82, 2.24) is 0 Å². The van der Waals surface area contributed by atoms with E-state index >= 15 is 0 Å². The molecule has 1 aliphatic rings. The van der Waals surface area contributed by atoms with Crippen LogP contribution in [0.15, 0.2) is 0 Å². The molecular weight excluding hydrogens is 132 g/mol. The minimum Gasteiger partial charge on any atom is -0.388 e. The highest BCUT2D eigenvalue weighted by molar-refractivity contribution is 4.72. The molecule has 1 fully saturated rings. The summed E-state index contributed by atoms with van der Waals surface area (Å²) >= 11 is 0. The van der Waals surface area contributed by atoms with Crippen molar-refractivity contribution in [3.8, 4) is 0 Å². The van der Waals surface area contributed by atoms with Gasteiger partial charge >= 0.3 is 0 Å². The molecule has 0 aromatic rings. The molecule has 0 aromatic heterocycles. The van der Waals surface area contributed by atoms with Crippen molar-refractivity contribution in [1.29, 1.82) is 0 Å². The van der Waals surface area contributed by atoms with Gasteiger partial charge in [0.05, 0.1) is 12.7 Å². The molecule has 60 valence electrons. The van der Waals surface area contributed by atoms with Crippen molar-refractivity contribution < 1.29 is 14.6 Å². The van der Waals surface area contributed by atoms with E-state index in [1.54, 1.807) is 0 Å². The first-order valence-electron chi connectivity index (χ1n) is 3.51. The zero-order valence-corrected chi connectivity index (χ0v) is 6.63. The Morgan fingerprint density at radius 2 is 2.10 bits per heavy atom. The second-order valence-electron chi connectivity index (χ2n) is 3.10. The molecule has 0 amide bonds. The van der Waals surface area contributed by atoms with Gasteiger partial charge in [-0.05, 0) is 20.8 Å². The van der Waals surface area contributed by atoms with Gasteiger partial charge in [-0.2, -0.15) is 0 Å². The van der Waals surface area contributed by atoms with Crippen LogP contribution in [0.4, 0.5) is 0 Å². The Morgan fingerprint density at radius 3 is 2.50 bits per heavy atom. The number of hydrogen-bond acceptors (Lipinski definition) is 3. The summed E-state index contributed by atoms with van der Waals surface area (Å²) in [5, 5.41) is 9.16. The van der Waals surface area contributed by atoms with Gasteiger partial charge in [-0.1, -0.05) is 0 Å². The fourth-order valence-electron chi connectivity index (χ4n) is 0.982. The predicted octanol–water partition coefficient (Wildman–Crippen LogP) is 0.519. The third-order valence-corrected chi connectivity index (χ3v) is 1.61. The Hall–Kier alpha value is -0.120. The fourth-order valence-corrected chi connectivity index (χ4v) is 0.982. The summed E-state index contributed by atoms with van der Waals surface area (Å²) in [4.78, 5) is 0. The Bertz CT molecular complexity index is 122. The van der Waals surface area contributed by atoms with Crippen LogP contribution in [0.5, 0.6) is 0 Å². The van der Waals surface area contributed by atoms with Gasteiger partial charge in [0.15, 0.2) is 5.79 Å². The third-order valence-electron chi connectivity index (χ3n) is 1.61. The molecule has 3 nitrogen and oxygen atoms in total. The lowest BCUT2D eigenvalue weighted by Crippen LogP contribution is -2.47. The van der Waals surface area contributed by atoms with Gasteiger partial charge in [0.2, 0.25) is 0 Å². The van der Waals surface area contributed by atoms with Crippen LogP contribution < -0.4 is 0 Å². The number of aliphatic hydroxyl groups is 1. The molecule has 1 N–H and O–H groups in total. The zero-order valence-electron chi connectivity index (χ0n) is 6.63. The lowest BCUT2D eigenvalue weighted by atomic mass is 10.2. The Balaban J connectivity index is 2.49. The van der Waals surface area contributed by atoms with Crippen LogP contribution in [0.2, 0.25) is 0 Å². The molecule has 1 rings (SSSR count). The van der Waals surface area contributed by atoms with E-state index in [4.69, 9.17) is 14.6 Å². The van der Waals surface area contributed by atoms with Crippen LogP contribution in [0, 0.1) is 0 Å². The van der Waals surface area contributed by atoms with Gasteiger partial charge in [-0.15, -0.1) is 0 Å². The molecule has 3 heteroatoms. The van der Waals surface area contributed by atoms with E-state index in [0.717, 1.165) is 0 Å². The molecule has 0 saturated carbocycles. The minimum atomic E-state index is -0.529. The molecule has 2 atom stereocenters. The monoisotopic (exact) mass is 146 g/mol. The quantitative estimate of drug-likeness (QED) is 0.541. The predicted molar refractivity (Wildman–Crippen MR) is 36.6 cm³/mol. The van der Waals surface area contributed by atoms with Crippen LogP contribution in [0.3, 0.4) is 0 Å². The van der Waals surface area contributed by atoms with E-state index in [-0.39, 0.29) is 6.10 Å². The second kappa shape index (κ2) is 2.49. The molecular formula is C7H14O3. The van der Waals surface area contributed by atoms with E-state index in [9.17, 15) is 0 Å². The molecule has 1 heterocycles. The summed E-state index contributed by atoms with van der Waals surface area (Å²) in [6.45, 7) is 5.90. The summed E-state index contributed by atoms with van der Waals surface area (Å²) < 4.78 is 10.5. The number of aliphatic hydroxyl groups excluding tert-OH is 1. The van der Waals surface area contributed by atoms with Crippen LogP contribution in [0.1, 0.15) is 20.8 Å². The summed E-state index contributed by atoms with van der Waals surface area (Å²) in [5.74, 6) is -0.529. The van der Waals surface area contributed by atoms with E-state index in [1.807, 2.05) is 20.8 Å². The number of hydrogen-bond donors (Lipinski definition) is 1. The van der Waals surface area contributed by atoms with Gasteiger partial charge in [-0.3, -0.25) is 0 Å². The van der Waals surface area contributed by atoms with Crippen molar-refractivity contribution in [3.05, 3.63) is 0 Å². The smallest absolute Gasteiger partial charge is 0.163 e. The maximum Gasteiger partial charge on any atom is 0.163 e. The third kappa shape index (κ3) is 1.68. The largest absolute Gasteiger partial charge is 0.388 e. The molecule has 0 spiro atoms. The molecule has 1 saturated heterocycles. The average molecular weight is 146 g/mol. The highest BCUT2D eigenvalue weighted by atomic mass is 16.7. The van der Waals surface area contributed by atoms with Crippen molar-refractivity contribution in [2.24, 2.45) is 0 Å². The summed E-state index contributed by atoms with van der Waals surface area (Å²) in [6.07, 6.45) is -0.600. The molecule has 0 radical (unpaired) electrons. The van der Waals surface area contributed by atoms with E-state index < -0.39 is 11.9 Å². The normalized spacial score (nSPS) is 39.6. The standard InChI is InChI=1S/C7H14O3/c1-5-6(8)4-9-7(2,3)10-5/h5-6,8H,4H2,1-3H3/t5-,6+/m1/s1. The van der Waals surface area contributed by atoms with Gasteiger partial charge in [0.25, 0.3) is 0 Å². The Kier molecular flexibility index (Phi) is 1.99. The maximum atomic E-state index is 9.16. The van der Waals surface area contributed by atoms with Gasteiger partial charge in [0.1, 0.15) is 6.10 Å². The molecule has 10 heavy (non-hydrogen) atoms. The first-order valence-corrected chi connectivity index (χ1v) is 3.51. The van der Waals surface area contributed by atoms with Gasteiger partial charge in [-0.25, -0.2) is 0 Å². The summed E-state index contributed by atoms with van der Waals surface area (Å²) in [6, 6.07) is 0. The lowest BCUT2D eigenvalue weighted by Gasteiger charge is -2.37. The first kappa shape index (κ1) is 7.98. The molecule has 0 aliphatic carbocycles. The first-order chi connectivity index (χ1) is 4.51. The lowest BCUT2D eigenvalue weighted by molar-refractivity contribution is -0.299. The van der Waals surface area contributed by atoms with Crippen molar-refractivity contribution in [2.75, 3.05) is 6.61 Å². The number of ether oxygens (including phenoxy) is 2. The van der Waals surface area contributed by atoms with Crippen LogP contribution in [-0.2, 0) is 9.47 Å². The highest BCUT2D eigenvalue weighted by Crippen LogP contribution is 2.21. The van der Waals surface area contributed by atoms with E-state index in [2.05, 4.69) is 0 Å². The number of rotatable bonds is 0. The van der Waals surface area contributed by atoms with E-state index in [1.165, 1.54) is 0 Å². The molecule has 0 unspecified atom stereocenters. The average Bonchev–Trinajstić information content (AvgIpc) is 1.79. The van der Waals surface area contributed by atoms with Gasteiger partial charge < -0.3 is 14.6 Å². The van der Waals surface area contributed by atoms with Crippen molar-refractivity contribution in [3.63, 3.8) is 0 Å². The summed E-state index contributed by atoms with van der Waals surface area (Å²) in [5.41, 5.74) is 0. The van der Waals surface area contributed by atoms with Crippen LogP contribution in [-0.4, -0.2) is 29.7 Å². The maximum absolute atomic E-state index is 9.16. The Labute approximate surface area is 60.9 Å². The molecule has 0 bridgehead atoms. The molecule has 0 aromatic carbocycles. The minimum absolute atomic E-state index is 0.122. The molecule has 1 aliphatic heterocycles. The fraction of sp³-hybridized carbons (Fsp3) is 1.00. The Morgan fingerprint density at radius 1 is 1.50 bits per heavy atom. The van der Waals surface area contributed by atoms with Crippen LogP contribution >= 0.6 is 0 Å². The van der Waals surface area contributed by atoms with E-state index in [0.29, 0.717) is 6.61 Å². The van der Waals surface area contributed by atoms with Crippen LogP contribution in [0.25, 0.3) is 0 Å². The SMILES string of the molecule is C[C@H]1OC(C)(C)OC[C@@H]1O. The topological polar surface area (TPSA) is 38.7 Å². The zero-order chi connectivity index (χ0) is 7.78. The van der Waals surface area contributed by atoms with Crippen molar-refractivity contribution >= 4 is 0 Å². The second-order valence-corrected chi connectivity index (χ2v) is 3.10. The highest BCUT2D eigenvalue weighted by Gasteiger charge is 2.32. The van der Waals surface area contributed by atoms with Crippen molar-refractivity contribution in [2.45, 2.75) is 38.8 Å². The summed E-state index contributed by atoms with van der Waals surface area (Å²) in [7, 11) is 0. The van der Waals surface area contributed by atoms with Gasteiger partial charge in [0, 0.05) is 0 Å².